The molecular formula is C22H20N4O3. The summed E-state index contributed by atoms with van der Waals surface area (Å²) < 4.78 is 12.7. The van der Waals surface area contributed by atoms with Gasteiger partial charge in [-0.1, -0.05) is 18.2 Å². The smallest absolute Gasteiger partial charge is 0.262 e. The van der Waals surface area contributed by atoms with Gasteiger partial charge < -0.3 is 14.5 Å². The number of nitrogens with one attached hydrogen (secondary N) is 1. The van der Waals surface area contributed by atoms with Gasteiger partial charge in [0, 0.05) is 24.9 Å². The zero-order valence-electron chi connectivity index (χ0n) is 15.7. The Labute approximate surface area is 168 Å². The summed E-state index contributed by atoms with van der Waals surface area (Å²) in [6, 6.07) is 15.1. The number of hydrogen-bond donors (Lipinski definition) is 1. The average Bonchev–Trinajstić information content (AvgIpc) is 3.52. The molecular weight excluding hydrogens is 368 g/mol. The highest BCUT2D eigenvalue weighted by atomic mass is 16.5. The van der Waals surface area contributed by atoms with Gasteiger partial charge in [0.15, 0.2) is 5.76 Å². The van der Waals surface area contributed by atoms with Crippen LogP contribution in [-0.4, -0.2) is 34.9 Å². The molecule has 7 nitrogen and oxygen atoms in total. The van der Waals surface area contributed by atoms with E-state index in [-0.39, 0.29) is 11.7 Å². The van der Waals surface area contributed by atoms with E-state index >= 15 is 0 Å². The minimum absolute atomic E-state index is 0.00316. The number of nitriles is 1. The first-order valence-electron chi connectivity index (χ1n) is 9.45. The number of aromatic nitrogens is 2. The number of para-hydroxylation sites is 1. The Balaban J connectivity index is 1.63. The van der Waals surface area contributed by atoms with E-state index in [2.05, 4.69) is 10.4 Å². The van der Waals surface area contributed by atoms with Crippen LogP contribution in [-0.2, 0) is 9.53 Å². The number of rotatable bonds is 6. The highest BCUT2D eigenvalue weighted by Crippen LogP contribution is 2.26. The molecule has 0 unspecified atom stereocenters. The molecule has 146 valence electrons. The van der Waals surface area contributed by atoms with Crippen LogP contribution in [0.15, 0.2) is 64.9 Å². The fourth-order valence-electron chi connectivity index (χ4n) is 3.22. The second kappa shape index (κ2) is 8.59. The predicted molar refractivity (Wildman–Crippen MR) is 107 cm³/mol. The van der Waals surface area contributed by atoms with Gasteiger partial charge in [-0.25, -0.2) is 4.68 Å². The van der Waals surface area contributed by atoms with Crippen molar-refractivity contribution in [1.29, 1.82) is 5.26 Å². The third-order valence-electron chi connectivity index (χ3n) is 4.70. The SMILES string of the molecule is N#C/C(=C\c1cn(-c2ccccc2)nc1-c1ccco1)C(=O)NC[C@@H]1CCCO1. The van der Waals surface area contributed by atoms with Crippen molar-refractivity contribution in [2.75, 3.05) is 13.2 Å². The molecule has 1 aliphatic heterocycles. The van der Waals surface area contributed by atoms with Crippen LogP contribution in [0.1, 0.15) is 18.4 Å². The molecule has 7 heteroatoms. The lowest BCUT2D eigenvalue weighted by atomic mass is 10.1. The highest BCUT2D eigenvalue weighted by molar-refractivity contribution is 6.02. The third-order valence-corrected chi connectivity index (χ3v) is 4.70. The molecule has 3 aromatic rings. The Bertz CT molecular complexity index is 1040. The molecule has 1 aliphatic rings. The number of carbonyl (C=O) groups is 1. The number of hydrogen-bond acceptors (Lipinski definition) is 5. The first kappa shape index (κ1) is 18.7. The number of furan rings is 1. The van der Waals surface area contributed by atoms with Crippen molar-refractivity contribution in [3.8, 4) is 23.2 Å². The van der Waals surface area contributed by atoms with Crippen molar-refractivity contribution in [2.45, 2.75) is 18.9 Å². The van der Waals surface area contributed by atoms with Gasteiger partial charge in [0.2, 0.25) is 0 Å². The zero-order valence-corrected chi connectivity index (χ0v) is 15.7. The first-order chi connectivity index (χ1) is 14.2. The van der Waals surface area contributed by atoms with Gasteiger partial charge in [-0.05, 0) is 43.2 Å². The lowest BCUT2D eigenvalue weighted by Crippen LogP contribution is -2.32. The monoisotopic (exact) mass is 388 g/mol. The minimum Gasteiger partial charge on any atom is -0.463 e. The Hall–Kier alpha value is -3.63. The molecule has 0 saturated carbocycles. The largest absolute Gasteiger partial charge is 0.463 e. The Morgan fingerprint density at radius 2 is 2.17 bits per heavy atom. The number of ether oxygens (including phenoxy) is 1. The maximum Gasteiger partial charge on any atom is 0.262 e. The molecule has 1 fully saturated rings. The van der Waals surface area contributed by atoms with Crippen LogP contribution in [0.2, 0.25) is 0 Å². The maximum atomic E-state index is 12.5. The molecule has 1 saturated heterocycles. The van der Waals surface area contributed by atoms with Crippen molar-refractivity contribution in [2.24, 2.45) is 0 Å². The number of carbonyl (C=O) groups excluding carboxylic acids is 1. The molecule has 0 radical (unpaired) electrons. The number of amides is 1. The maximum absolute atomic E-state index is 12.5. The van der Waals surface area contributed by atoms with Crippen LogP contribution < -0.4 is 5.32 Å². The standard InChI is InChI=1S/C22H20N4O3/c23-13-16(22(27)24-14-19-8-4-10-28-19)12-17-15-26(18-6-2-1-3-7-18)25-21(17)20-9-5-11-29-20/h1-3,5-7,9,11-12,15,19H,4,8,10,14H2,(H,24,27)/b16-12+/t19-/m0/s1. The first-order valence-corrected chi connectivity index (χ1v) is 9.45. The number of benzene rings is 1. The van der Waals surface area contributed by atoms with E-state index in [1.165, 1.54) is 6.08 Å². The van der Waals surface area contributed by atoms with Gasteiger partial charge >= 0.3 is 0 Å². The lowest BCUT2D eigenvalue weighted by Gasteiger charge is -2.10. The molecule has 2 aromatic heterocycles. The molecule has 1 N–H and O–H groups in total. The van der Waals surface area contributed by atoms with E-state index in [4.69, 9.17) is 9.15 Å². The van der Waals surface area contributed by atoms with Gasteiger partial charge in [0.1, 0.15) is 17.3 Å². The molecule has 1 amide bonds. The van der Waals surface area contributed by atoms with Gasteiger partial charge in [-0.3, -0.25) is 4.79 Å². The normalized spacial score (nSPS) is 16.5. The van der Waals surface area contributed by atoms with Crippen molar-refractivity contribution in [1.82, 2.24) is 15.1 Å². The summed E-state index contributed by atoms with van der Waals surface area (Å²) in [4.78, 5) is 12.5. The van der Waals surface area contributed by atoms with Gasteiger partial charge in [0.05, 0.1) is 18.1 Å². The average molecular weight is 388 g/mol. The van der Waals surface area contributed by atoms with Crippen LogP contribution in [0.5, 0.6) is 0 Å². The van der Waals surface area contributed by atoms with Crippen molar-refractivity contribution in [3.63, 3.8) is 0 Å². The number of nitrogens with zero attached hydrogens (tertiary/aromatic N) is 3. The molecule has 29 heavy (non-hydrogen) atoms. The minimum atomic E-state index is -0.430. The fraction of sp³-hybridized carbons (Fsp3) is 0.227. The Morgan fingerprint density at radius 1 is 1.31 bits per heavy atom. The summed E-state index contributed by atoms with van der Waals surface area (Å²) in [5.41, 5.74) is 2.04. The van der Waals surface area contributed by atoms with Gasteiger partial charge in [-0.15, -0.1) is 0 Å². The van der Waals surface area contributed by atoms with Crippen LogP contribution >= 0.6 is 0 Å². The highest BCUT2D eigenvalue weighted by Gasteiger charge is 2.19. The fourth-order valence-corrected chi connectivity index (χ4v) is 3.22. The predicted octanol–water partition coefficient (Wildman–Crippen LogP) is 3.33. The van der Waals surface area contributed by atoms with E-state index < -0.39 is 5.91 Å². The lowest BCUT2D eigenvalue weighted by molar-refractivity contribution is -0.117. The van der Waals surface area contributed by atoms with Crippen LogP contribution in [0, 0.1) is 11.3 Å². The van der Waals surface area contributed by atoms with Crippen LogP contribution in [0.3, 0.4) is 0 Å². The third kappa shape index (κ3) is 4.28. The summed E-state index contributed by atoms with van der Waals surface area (Å²) in [5.74, 6) is 0.129. The Kier molecular flexibility index (Phi) is 5.54. The topological polar surface area (TPSA) is 93.1 Å². The van der Waals surface area contributed by atoms with E-state index in [9.17, 15) is 10.1 Å². The summed E-state index contributed by atoms with van der Waals surface area (Å²) in [7, 11) is 0. The van der Waals surface area contributed by atoms with Gasteiger partial charge in [-0.2, -0.15) is 10.4 Å². The van der Waals surface area contributed by atoms with Crippen molar-refractivity contribution in [3.05, 3.63) is 66.1 Å². The summed E-state index contributed by atoms with van der Waals surface area (Å²) >= 11 is 0. The molecule has 4 rings (SSSR count). The summed E-state index contributed by atoms with van der Waals surface area (Å²) in [6.45, 7) is 1.11. The molecule has 1 aromatic carbocycles. The van der Waals surface area contributed by atoms with E-state index in [0.717, 1.165) is 18.5 Å². The summed E-state index contributed by atoms with van der Waals surface area (Å²) in [5, 5.41) is 16.9. The second-order valence-electron chi connectivity index (χ2n) is 6.71. The zero-order chi connectivity index (χ0) is 20.1. The molecule has 3 heterocycles. The van der Waals surface area contributed by atoms with E-state index in [1.807, 2.05) is 36.4 Å². The van der Waals surface area contributed by atoms with E-state index in [1.54, 1.807) is 29.3 Å². The van der Waals surface area contributed by atoms with Gasteiger partial charge in [0.25, 0.3) is 5.91 Å². The molecule has 0 bridgehead atoms. The summed E-state index contributed by atoms with van der Waals surface area (Å²) in [6.07, 6.45) is 6.79. The quantitative estimate of drug-likeness (QED) is 0.516. The van der Waals surface area contributed by atoms with Crippen molar-refractivity contribution < 1.29 is 13.9 Å². The molecule has 1 atom stereocenters. The van der Waals surface area contributed by atoms with Crippen LogP contribution in [0.25, 0.3) is 23.2 Å². The molecule has 0 aliphatic carbocycles. The van der Waals surface area contributed by atoms with E-state index in [0.29, 0.717) is 30.2 Å². The van der Waals surface area contributed by atoms with Crippen molar-refractivity contribution >= 4 is 12.0 Å². The van der Waals surface area contributed by atoms with Crippen LogP contribution in [0.4, 0.5) is 0 Å². The molecule has 0 spiro atoms. The Morgan fingerprint density at radius 3 is 2.86 bits per heavy atom. The second-order valence-corrected chi connectivity index (χ2v) is 6.71.